The first kappa shape index (κ1) is 14.5. The summed E-state index contributed by atoms with van der Waals surface area (Å²) in [5.41, 5.74) is 0.0995. The Labute approximate surface area is 106 Å². The summed E-state index contributed by atoms with van der Waals surface area (Å²) >= 11 is 0. The minimum atomic E-state index is 0.0995. The van der Waals surface area contributed by atoms with Crippen LogP contribution in [0.25, 0.3) is 0 Å². The van der Waals surface area contributed by atoms with Crippen LogP contribution in [0.5, 0.6) is 0 Å². The van der Waals surface area contributed by atoms with Crippen LogP contribution in [0, 0.1) is 0 Å². The lowest BCUT2D eigenvalue weighted by molar-refractivity contribution is -0.121. The van der Waals surface area contributed by atoms with Gasteiger partial charge in [-0.3, -0.25) is 9.69 Å². The third-order valence-corrected chi connectivity index (χ3v) is 3.69. The Kier molecular flexibility index (Phi) is 5.96. The zero-order valence-corrected chi connectivity index (χ0v) is 11.7. The van der Waals surface area contributed by atoms with Gasteiger partial charge < -0.3 is 5.32 Å². The Hall–Kier alpha value is -0.570. The lowest BCUT2D eigenvalue weighted by Crippen LogP contribution is -2.53. The molecule has 1 heterocycles. The van der Waals surface area contributed by atoms with Gasteiger partial charge in [-0.25, -0.2) is 0 Å². The summed E-state index contributed by atoms with van der Waals surface area (Å²) in [6.07, 6.45) is 6.71. The fraction of sp³-hybridized carbons (Fsp3) is 0.929. The van der Waals surface area contributed by atoms with E-state index in [4.69, 9.17) is 0 Å². The number of amides is 1. The second-order valence-corrected chi connectivity index (χ2v) is 5.74. The molecule has 0 spiro atoms. The Balaban J connectivity index is 2.29. The van der Waals surface area contributed by atoms with E-state index in [2.05, 4.69) is 31.0 Å². The number of unbranched alkanes of at least 4 members (excludes halogenated alkanes) is 1. The van der Waals surface area contributed by atoms with Crippen molar-refractivity contribution in [3.8, 4) is 0 Å². The SMILES string of the molecule is CCCCC(=O)NCC(C)(C)N1CCCCC1. The van der Waals surface area contributed by atoms with E-state index in [-0.39, 0.29) is 11.4 Å². The van der Waals surface area contributed by atoms with Crippen molar-refractivity contribution in [3.63, 3.8) is 0 Å². The van der Waals surface area contributed by atoms with Crippen LogP contribution in [-0.2, 0) is 4.79 Å². The monoisotopic (exact) mass is 240 g/mol. The van der Waals surface area contributed by atoms with Gasteiger partial charge in [-0.2, -0.15) is 0 Å². The van der Waals surface area contributed by atoms with Gasteiger partial charge in [0.2, 0.25) is 5.91 Å². The number of nitrogens with one attached hydrogen (secondary N) is 1. The quantitative estimate of drug-likeness (QED) is 0.774. The average Bonchev–Trinajstić information content (AvgIpc) is 2.35. The van der Waals surface area contributed by atoms with Gasteiger partial charge in [0, 0.05) is 18.5 Å². The van der Waals surface area contributed by atoms with Gasteiger partial charge in [0.1, 0.15) is 0 Å². The molecular weight excluding hydrogens is 212 g/mol. The van der Waals surface area contributed by atoms with Gasteiger partial charge in [-0.05, 0) is 46.2 Å². The molecule has 3 heteroatoms. The molecule has 0 aromatic carbocycles. The summed E-state index contributed by atoms with van der Waals surface area (Å²) in [5.74, 6) is 0.205. The highest BCUT2D eigenvalue weighted by atomic mass is 16.1. The summed E-state index contributed by atoms with van der Waals surface area (Å²) in [6.45, 7) is 9.72. The van der Waals surface area contributed by atoms with E-state index in [1.165, 1.54) is 32.4 Å². The Morgan fingerprint density at radius 2 is 1.88 bits per heavy atom. The van der Waals surface area contributed by atoms with E-state index in [1.807, 2.05) is 0 Å². The van der Waals surface area contributed by atoms with Gasteiger partial charge in [0.25, 0.3) is 0 Å². The van der Waals surface area contributed by atoms with Crippen LogP contribution in [0.4, 0.5) is 0 Å². The minimum absolute atomic E-state index is 0.0995. The molecule has 1 aliphatic heterocycles. The topological polar surface area (TPSA) is 32.3 Å². The van der Waals surface area contributed by atoms with Gasteiger partial charge >= 0.3 is 0 Å². The number of carbonyl (C=O) groups is 1. The Bertz CT molecular complexity index is 232. The number of carbonyl (C=O) groups excluding carboxylic acids is 1. The van der Waals surface area contributed by atoms with Crippen LogP contribution in [0.3, 0.4) is 0 Å². The van der Waals surface area contributed by atoms with E-state index in [9.17, 15) is 4.79 Å². The summed E-state index contributed by atoms with van der Waals surface area (Å²) < 4.78 is 0. The number of hydrogen-bond donors (Lipinski definition) is 1. The van der Waals surface area contributed by atoms with Crippen LogP contribution in [-0.4, -0.2) is 36.0 Å². The molecule has 1 fully saturated rings. The molecule has 0 bridgehead atoms. The van der Waals surface area contributed by atoms with Crippen molar-refractivity contribution >= 4 is 5.91 Å². The number of likely N-dealkylation sites (tertiary alicyclic amines) is 1. The molecule has 0 radical (unpaired) electrons. The van der Waals surface area contributed by atoms with Crippen LogP contribution in [0.15, 0.2) is 0 Å². The minimum Gasteiger partial charge on any atom is -0.354 e. The second kappa shape index (κ2) is 7.00. The lowest BCUT2D eigenvalue weighted by Gasteiger charge is -2.41. The molecule has 17 heavy (non-hydrogen) atoms. The Morgan fingerprint density at radius 1 is 1.24 bits per heavy atom. The molecule has 1 rings (SSSR count). The highest BCUT2D eigenvalue weighted by molar-refractivity contribution is 5.75. The highest BCUT2D eigenvalue weighted by Gasteiger charge is 2.27. The molecule has 0 aliphatic carbocycles. The lowest BCUT2D eigenvalue weighted by atomic mass is 9.98. The van der Waals surface area contributed by atoms with Crippen molar-refractivity contribution in [2.45, 2.75) is 64.8 Å². The number of hydrogen-bond acceptors (Lipinski definition) is 2. The van der Waals surface area contributed by atoms with Crippen molar-refractivity contribution in [1.82, 2.24) is 10.2 Å². The third kappa shape index (κ3) is 5.07. The zero-order valence-electron chi connectivity index (χ0n) is 11.7. The molecular formula is C14H28N2O. The van der Waals surface area contributed by atoms with E-state index in [0.29, 0.717) is 6.42 Å². The fourth-order valence-electron chi connectivity index (χ4n) is 2.35. The number of nitrogens with zero attached hydrogens (tertiary/aromatic N) is 1. The van der Waals surface area contributed by atoms with E-state index in [1.54, 1.807) is 0 Å². The maximum atomic E-state index is 11.6. The fourth-order valence-corrected chi connectivity index (χ4v) is 2.35. The number of rotatable bonds is 6. The highest BCUT2D eigenvalue weighted by Crippen LogP contribution is 2.19. The maximum Gasteiger partial charge on any atom is 0.220 e. The summed E-state index contributed by atoms with van der Waals surface area (Å²) in [6, 6.07) is 0. The van der Waals surface area contributed by atoms with Crippen molar-refractivity contribution in [2.24, 2.45) is 0 Å². The van der Waals surface area contributed by atoms with Crippen molar-refractivity contribution in [1.29, 1.82) is 0 Å². The molecule has 0 saturated carbocycles. The predicted molar refractivity (Wildman–Crippen MR) is 72.0 cm³/mol. The van der Waals surface area contributed by atoms with Crippen LogP contribution < -0.4 is 5.32 Å². The largest absolute Gasteiger partial charge is 0.354 e. The first-order valence-electron chi connectivity index (χ1n) is 7.08. The molecule has 100 valence electrons. The van der Waals surface area contributed by atoms with Crippen molar-refractivity contribution in [3.05, 3.63) is 0 Å². The first-order chi connectivity index (χ1) is 8.06. The van der Waals surface area contributed by atoms with E-state index < -0.39 is 0 Å². The average molecular weight is 240 g/mol. The van der Waals surface area contributed by atoms with Gasteiger partial charge in [-0.1, -0.05) is 19.8 Å². The molecule has 1 amide bonds. The molecule has 0 aromatic heterocycles. The van der Waals surface area contributed by atoms with Gasteiger partial charge in [-0.15, -0.1) is 0 Å². The molecule has 0 unspecified atom stereocenters. The Morgan fingerprint density at radius 3 is 2.47 bits per heavy atom. The second-order valence-electron chi connectivity index (χ2n) is 5.74. The maximum absolute atomic E-state index is 11.6. The van der Waals surface area contributed by atoms with Crippen LogP contribution in [0.2, 0.25) is 0 Å². The smallest absolute Gasteiger partial charge is 0.220 e. The normalized spacial score (nSPS) is 18.1. The van der Waals surface area contributed by atoms with Gasteiger partial charge in [0.05, 0.1) is 0 Å². The molecule has 3 nitrogen and oxygen atoms in total. The standard InChI is InChI=1S/C14H28N2O/c1-4-5-9-13(17)15-12-14(2,3)16-10-7-6-8-11-16/h4-12H2,1-3H3,(H,15,17). The molecule has 0 atom stereocenters. The predicted octanol–water partition coefficient (Wildman–Crippen LogP) is 2.56. The molecule has 1 N–H and O–H groups in total. The van der Waals surface area contributed by atoms with Crippen molar-refractivity contribution in [2.75, 3.05) is 19.6 Å². The van der Waals surface area contributed by atoms with E-state index in [0.717, 1.165) is 19.4 Å². The first-order valence-corrected chi connectivity index (χ1v) is 7.08. The molecule has 1 aliphatic rings. The number of piperidine rings is 1. The zero-order chi connectivity index (χ0) is 12.7. The van der Waals surface area contributed by atoms with E-state index >= 15 is 0 Å². The van der Waals surface area contributed by atoms with Gasteiger partial charge in [0.15, 0.2) is 0 Å². The van der Waals surface area contributed by atoms with Crippen molar-refractivity contribution < 1.29 is 4.79 Å². The molecule has 1 saturated heterocycles. The molecule has 0 aromatic rings. The summed E-state index contributed by atoms with van der Waals surface area (Å²) in [5, 5.41) is 3.07. The summed E-state index contributed by atoms with van der Waals surface area (Å²) in [4.78, 5) is 14.1. The van der Waals surface area contributed by atoms with Crippen LogP contribution >= 0.6 is 0 Å². The third-order valence-electron chi connectivity index (χ3n) is 3.69. The van der Waals surface area contributed by atoms with Crippen LogP contribution in [0.1, 0.15) is 59.3 Å². The summed E-state index contributed by atoms with van der Waals surface area (Å²) in [7, 11) is 0.